The normalized spacial score (nSPS) is 21.3. The molecule has 0 bridgehead atoms. The van der Waals surface area contributed by atoms with Gasteiger partial charge in [-0.15, -0.1) is 0 Å². The van der Waals surface area contributed by atoms with E-state index in [2.05, 4.69) is 4.90 Å². The topological polar surface area (TPSA) is 48.0 Å². The average Bonchev–Trinajstić information content (AvgIpc) is 3.53. The van der Waals surface area contributed by atoms with E-state index in [1.54, 1.807) is 6.26 Å². The SMILES string of the molecule is CCOCN1CCC(O/C=C/C(C)Oc2ccc(S(=O)C3CC3)cc2)CC1. The highest BCUT2D eigenvalue weighted by atomic mass is 32.2. The summed E-state index contributed by atoms with van der Waals surface area (Å²) in [5.41, 5.74) is 0. The standard InChI is InChI=1S/C21H31NO4S/c1-3-24-16-22-13-10-18(11-14-22)25-15-12-17(2)26-19-4-6-20(7-5-19)27(23)21-8-9-21/h4-7,12,15,17-18,21H,3,8-11,13-14,16H2,1-2H3/b15-12+. The van der Waals surface area contributed by atoms with E-state index in [4.69, 9.17) is 14.2 Å². The molecule has 5 nitrogen and oxygen atoms in total. The minimum atomic E-state index is -0.858. The van der Waals surface area contributed by atoms with Gasteiger partial charge in [0.15, 0.2) is 0 Å². The average molecular weight is 394 g/mol. The Morgan fingerprint density at radius 1 is 1.19 bits per heavy atom. The Balaban J connectivity index is 1.36. The maximum absolute atomic E-state index is 12.1. The molecule has 3 rings (SSSR count). The van der Waals surface area contributed by atoms with Crippen molar-refractivity contribution in [2.75, 3.05) is 26.4 Å². The Kier molecular flexibility index (Phi) is 7.73. The van der Waals surface area contributed by atoms with Gasteiger partial charge in [0.2, 0.25) is 0 Å². The first-order valence-electron chi connectivity index (χ1n) is 9.95. The summed E-state index contributed by atoms with van der Waals surface area (Å²) >= 11 is 0. The van der Waals surface area contributed by atoms with Gasteiger partial charge in [0, 0.05) is 29.8 Å². The molecule has 150 valence electrons. The van der Waals surface area contributed by atoms with Crippen LogP contribution in [0.15, 0.2) is 41.5 Å². The van der Waals surface area contributed by atoms with Crippen molar-refractivity contribution in [1.29, 1.82) is 0 Å². The molecule has 27 heavy (non-hydrogen) atoms. The molecule has 2 unspecified atom stereocenters. The van der Waals surface area contributed by atoms with Crippen LogP contribution in [0.25, 0.3) is 0 Å². The quantitative estimate of drug-likeness (QED) is 0.567. The van der Waals surface area contributed by atoms with Crippen molar-refractivity contribution < 1.29 is 18.4 Å². The van der Waals surface area contributed by atoms with E-state index in [9.17, 15) is 4.21 Å². The van der Waals surface area contributed by atoms with Crippen LogP contribution in [0, 0.1) is 0 Å². The number of ether oxygens (including phenoxy) is 3. The molecule has 0 amide bonds. The molecule has 1 saturated carbocycles. The van der Waals surface area contributed by atoms with Crippen LogP contribution in [0.2, 0.25) is 0 Å². The molecule has 0 radical (unpaired) electrons. The van der Waals surface area contributed by atoms with Gasteiger partial charge in [0.1, 0.15) is 18.0 Å². The van der Waals surface area contributed by atoms with Gasteiger partial charge in [0.25, 0.3) is 0 Å². The van der Waals surface area contributed by atoms with Crippen molar-refractivity contribution in [2.45, 2.75) is 61.9 Å². The Hall–Kier alpha value is -1.37. The number of likely N-dealkylation sites (tertiary alicyclic amines) is 1. The maximum Gasteiger partial charge on any atom is 0.120 e. The lowest BCUT2D eigenvalue weighted by atomic mass is 10.1. The van der Waals surface area contributed by atoms with Crippen molar-refractivity contribution in [2.24, 2.45) is 0 Å². The van der Waals surface area contributed by atoms with Gasteiger partial charge in [-0.2, -0.15) is 0 Å². The van der Waals surface area contributed by atoms with Crippen LogP contribution < -0.4 is 4.74 Å². The van der Waals surface area contributed by atoms with Gasteiger partial charge in [-0.1, -0.05) is 0 Å². The number of hydrogen-bond donors (Lipinski definition) is 0. The zero-order valence-electron chi connectivity index (χ0n) is 16.3. The molecule has 2 atom stereocenters. The fraction of sp³-hybridized carbons (Fsp3) is 0.619. The highest BCUT2D eigenvalue weighted by molar-refractivity contribution is 7.86. The second kappa shape index (κ2) is 10.2. The predicted molar refractivity (Wildman–Crippen MR) is 107 cm³/mol. The molecule has 0 spiro atoms. The molecule has 1 saturated heterocycles. The van der Waals surface area contributed by atoms with Crippen molar-refractivity contribution in [3.05, 3.63) is 36.6 Å². The summed E-state index contributed by atoms with van der Waals surface area (Å²) in [5, 5.41) is 0.363. The molecule has 1 aromatic carbocycles. The van der Waals surface area contributed by atoms with E-state index < -0.39 is 10.8 Å². The zero-order chi connectivity index (χ0) is 19.1. The number of rotatable bonds is 10. The third-order valence-electron chi connectivity index (χ3n) is 4.84. The van der Waals surface area contributed by atoms with Crippen LogP contribution in [-0.4, -0.2) is 53.0 Å². The molecule has 1 aliphatic heterocycles. The predicted octanol–water partition coefficient (Wildman–Crippen LogP) is 3.71. The lowest BCUT2D eigenvalue weighted by Gasteiger charge is -2.30. The molecule has 1 aliphatic carbocycles. The summed E-state index contributed by atoms with van der Waals surface area (Å²) in [6, 6.07) is 7.61. The van der Waals surface area contributed by atoms with Crippen molar-refractivity contribution >= 4 is 10.8 Å². The maximum atomic E-state index is 12.1. The van der Waals surface area contributed by atoms with Gasteiger partial charge >= 0.3 is 0 Å². The number of hydrogen-bond acceptors (Lipinski definition) is 5. The first kappa shape index (κ1) is 20.4. The van der Waals surface area contributed by atoms with Crippen LogP contribution in [0.4, 0.5) is 0 Å². The fourth-order valence-electron chi connectivity index (χ4n) is 3.04. The van der Waals surface area contributed by atoms with Gasteiger partial charge in [-0.25, -0.2) is 0 Å². The van der Waals surface area contributed by atoms with E-state index >= 15 is 0 Å². The zero-order valence-corrected chi connectivity index (χ0v) is 17.2. The highest BCUT2D eigenvalue weighted by Gasteiger charge is 2.29. The summed E-state index contributed by atoms with van der Waals surface area (Å²) in [7, 11) is -0.858. The molecular weight excluding hydrogens is 362 g/mol. The van der Waals surface area contributed by atoms with Crippen LogP contribution in [-0.2, 0) is 20.3 Å². The van der Waals surface area contributed by atoms with Gasteiger partial charge in [-0.3, -0.25) is 9.11 Å². The summed E-state index contributed by atoms with van der Waals surface area (Å²) in [4.78, 5) is 3.21. The highest BCUT2D eigenvalue weighted by Crippen LogP contribution is 2.31. The van der Waals surface area contributed by atoms with E-state index in [-0.39, 0.29) is 12.2 Å². The summed E-state index contributed by atoms with van der Waals surface area (Å²) in [6.45, 7) is 7.52. The van der Waals surface area contributed by atoms with E-state index in [0.717, 1.165) is 62.8 Å². The summed E-state index contributed by atoms with van der Waals surface area (Å²) in [5.74, 6) is 0.785. The van der Waals surface area contributed by atoms with Gasteiger partial charge in [0.05, 0.1) is 23.8 Å². The van der Waals surface area contributed by atoms with Gasteiger partial charge < -0.3 is 14.2 Å². The largest absolute Gasteiger partial charge is 0.498 e. The fourth-order valence-corrected chi connectivity index (χ4v) is 4.40. The first-order valence-corrected chi connectivity index (χ1v) is 11.2. The molecule has 0 N–H and O–H groups in total. The minimum Gasteiger partial charge on any atom is -0.498 e. The van der Waals surface area contributed by atoms with Crippen LogP contribution in [0.1, 0.15) is 39.5 Å². The second-order valence-electron chi connectivity index (χ2n) is 7.20. The van der Waals surface area contributed by atoms with E-state index in [1.807, 2.05) is 44.2 Å². The smallest absolute Gasteiger partial charge is 0.120 e. The number of piperidine rings is 1. The van der Waals surface area contributed by atoms with E-state index in [1.165, 1.54) is 0 Å². The molecular formula is C21H31NO4S. The molecule has 0 aromatic heterocycles. The Labute approximate surface area is 165 Å². The Morgan fingerprint density at radius 3 is 2.52 bits per heavy atom. The molecule has 1 aromatic rings. The van der Waals surface area contributed by atoms with Gasteiger partial charge in [-0.05, 0) is 69.9 Å². The molecule has 6 heteroatoms. The minimum absolute atomic E-state index is 0.0807. The number of benzene rings is 1. The van der Waals surface area contributed by atoms with Crippen molar-refractivity contribution in [3.63, 3.8) is 0 Å². The van der Waals surface area contributed by atoms with Crippen molar-refractivity contribution in [3.8, 4) is 5.75 Å². The molecule has 1 heterocycles. The van der Waals surface area contributed by atoms with Crippen LogP contribution >= 0.6 is 0 Å². The lowest BCUT2D eigenvalue weighted by molar-refractivity contribution is -0.00607. The molecule has 2 aliphatic rings. The monoisotopic (exact) mass is 393 g/mol. The lowest BCUT2D eigenvalue weighted by Crippen LogP contribution is -2.37. The second-order valence-corrected chi connectivity index (χ2v) is 8.93. The summed E-state index contributed by atoms with van der Waals surface area (Å²) < 4.78 is 29.3. The Bertz CT molecular complexity index is 622. The third kappa shape index (κ3) is 6.63. The Morgan fingerprint density at radius 2 is 1.89 bits per heavy atom. The van der Waals surface area contributed by atoms with Crippen LogP contribution in [0.3, 0.4) is 0 Å². The van der Waals surface area contributed by atoms with E-state index in [0.29, 0.717) is 5.25 Å². The third-order valence-corrected chi connectivity index (χ3v) is 6.65. The van der Waals surface area contributed by atoms with Crippen LogP contribution in [0.5, 0.6) is 5.75 Å². The van der Waals surface area contributed by atoms with Crippen molar-refractivity contribution in [1.82, 2.24) is 4.90 Å². The number of nitrogens with zero attached hydrogens (tertiary/aromatic N) is 1. The summed E-state index contributed by atoms with van der Waals surface area (Å²) in [6.07, 6.45) is 8.09. The molecule has 2 fully saturated rings. The first-order chi connectivity index (χ1) is 13.2.